The molecule has 0 fully saturated rings. The van der Waals surface area contributed by atoms with Crippen LogP contribution in [0.1, 0.15) is 30.7 Å². The van der Waals surface area contributed by atoms with Gasteiger partial charge in [-0.25, -0.2) is 4.39 Å². The topological polar surface area (TPSA) is 76.1 Å². The molecule has 2 N–H and O–H groups in total. The average molecular weight is 284 g/mol. The lowest BCUT2D eigenvalue weighted by molar-refractivity contribution is -0.116. The van der Waals surface area contributed by atoms with Crippen LogP contribution in [0.5, 0.6) is 0 Å². The average Bonchev–Trinajstić information content (AvgIpc) is 2.46. The molecule has 0 aromatic heterocycles. The lowest BCUT2D eigenvalue weighted by Crippen LogP contribution is -2.27. The predicted molar refractivity (Wildman–Crippen MR) is 72.9 cm³/mol. The van der Waals surface area contributed by atoms with Crippen molar-refractivity contribution in [1.29, 1.82) is 5.26 Å². The maximum atomic E-state index is 13.5. The van der Waals surface area contributed by atoms with E-state index >= 15 is 0 Å². The first-order valence-corrected chi connectivity index (χ1v) is 6.71. The van der Waals surface area contributed by atoms with Crippen molar-refractivity contribution in [3.05, 3.63) is 58.4 Å². The predicted octanol–water partition coefficient (Wildman–Crippen LogP) is 2.64. The van der Waals surface area contributed by atoms with Crippen molar-refractivity contribution in [2.24, 2.45) is 5.73 Å². The molecule has 4 nitrogen and oxygen atoms in total. The van der Waals surface area contributed by atoms with Crippen LogP contribution >= 0.6 is 0 Å². The Labute approximate surface area is 121 Å². The van der Waals surface area contributed by atoms with Crippen molar-refractivity contribution < 1.29 is 13.9 Å². The third-order valence-electron chi connectivity index (χ3n) is 3.79. The lowest BCUT2D eigenvalue weighted by atomic mass is 9.77. The number of rotatable bonds is 1. The van der Waals surface area contributed by atoms with E-state index in [-0.39, 0.29) is 17.2 Å². The van der Waals surface area contributed by atoms with Gasteiger partial charge >= 0.3 is 0 Å². The second-order valence-corrected chi connectivity index (χ2v) is 5.09. The van der Waals surface area contributed by atoms with Gasteiger partial charge in [-0.3, -0.25) is 4.79 Å². The van der Waals surface area contributed by atoms with Crippen LogP contribution in [0.25, 0.3) is 0 Å². The van der Waals surface area contributed by atoms with Crippen LogP contribution in [0.2, 0.25) is 0 Å². The Morgan fingerprint density at radius 1 is 1.38 bits per heavy atom. The van der Waals surface area contributed by atoms with E-state index in [0.29, 0.717) is 36.2 Å². The quantitative estimate of drug-likeness (QED) is 0.860. The molecule has 106 valence electrons. The van der Waals surface area contributed by atoms with E-state index in [4.69, 9.17) is 10.5 Å². The zero-order valence-corrected chi connectivity index (χ0v) is 11.2. The molecular weight excluding hydrogens is 271 g/mol. The van der Waals surface area contributed by atoms with E-state index in [0.717, 1.165) is 0 Å². The molecule has 0 spiro atoms. The number of carbonyl (C=O) groups excluding carboxylic acids is 1. The maximum Gasteiger partial charge on any atom is 0.205 e. The van der Waals surface area contributed by atoms with Crippen LogP contribution in [0.4, 0.5) is 4.39 Å². The molecule has 0 bridgehead atoms. The molecule has 1 aliphatic carbocycles. The number of nitriles is 1. The molecule has 5 heteroatoms. The Balaban J connectivity index is 2.20. The summed E-state index contributed by atoms with van der Waals surface area (Å²) in [5, 5.41) is 9.34. The summed E-state index contributed by atoms with van der Waals surface area (Å²) >= 11 is 0. The van der Waals surface area contributed by atoms with Crippen LogP contribution in [0.15, 0.2) is 47.1 Å². The van der Waals surface area contributed by atoms with Crippen molar-refractivity contribution in [3.8, 4) is 6.07 Å². The molecule has 3 rings (SSSR count). The Hall–Kier alpha value is -2.61. The van der Waals surface area contributed by atoms with Crippen molar-refractivity contribution >= 4 is 5.78 Å². The lowest BCUT2D eigenvalue weighted by Gasteiger charge is -2.30. The third kappa shape index (κ3) is 2.19. The fraction of sp³-hybridized carbons (Fsp3) is 0.250. The molecule has 1 aromatic carbocycles. The second kappa shape index (κ2) is 5.06. The van der Waals surface area contributed by atoms with Crippen LogP contribution in [0.3, 0.4) is 0 Å². The fourth-order valence-electron chi connectivity index (χ4n) is 2.88. The van der Waals surface area contributed by atoms with E-state index in [1.807, 2.05) is 6.07 Å². The number of hydrogen-bond donors (Lipinski definition) is 1. The Bertz CT molecular complexity index is 728. The first-order valence-electron chi connectivity index (χ1n) is 6.71. The minimum atomic E-state index is -0.637. The van der Waals surface area contributed by atoms with Crippen molar-refractivity contribution in [2.75, 3.05) is 0 Å². The van der Waals surface area contributed by atoms with Gasteiger partial charge in [-0.15, -0.1) is 0 Å². The molecule has 0 amide bonds. The molecular formula is C16H13FN2O2. The molecule has 0 saturated carbocycles. The molecule has 21 heavy (non-hydrogen) atoms. The van der Waals surface area contributed by atoms with Crippen molar-refractivity contribution in [2.45, 2.75) is 25.2 Å². The highest BCUT2D eigenvalue weighted by atomic mass is 19.1. The number of carbonyl (C=O) groups is 1. The number of nitrogens with zero attached hydrogens (tertiary/aromatic N) is 1. The summed E-state index contributed by atoms with van der Waals surface area (Å²) in [5.74, 6) is -0.606. The van der Waals surface area contributed by atoms with Gasteiger partial charge < -0.3 is 10.5 Å². The summed E-state index contributed by atoms with van der Waals surface area (Å²) in [6.07, 6.45) is 1.71. The highest BCUT2D eigenvalue weighted by Gasteiger charge is 2.37. The van der Waals surface area contributed by atoms with Gasteiger partial charge in [-0.1, -0.05) is 12.1 Å². The van der Waals surface area contributed by atoms with Crippen molar-refractivity contribution in [1.82, 2.24) is 0 Å². The van der Waals surface area contributed by atoms with E-state index < -0.39 is 11.7 Å². The molecule has 1 heterocycles. The number of Topliss-reactive ketones (excluding diaryl/α,β-unsaturated/α-hetero) is 1. The zero-order chi connectivity index (χ0) is 15.0. The van der Waals surface area contributed by atoms with E-state index in [9.17, 15) is 14.4 Å². The Kier molecular flexibility index (Phi) is 3.22. The molecule has 1 atom stereocenters. The smallest absolute Gasteiger partial charge is 0.205 e. The summed E-state index contributed by atoms with van der Waals surface area (Å²) in [6, 6.07) is 7.89. The molecule has 1 aliphatic heterocycles. The van der Waals surface area contributed by atoms with Gasteiger partial charge in [0.2, 0.25) is 5.88 Å². The van der Waals surface area contributed by atoms with Gasteiger partial charge in [0.1, 0.15) is 23.2 Å². The number of nitrogens with two attached hydrogens (primary N) is 1. The SMILES string of the molecule is N#CC1=C(N)OC2=C(C(=O)CCC2)[C@@H]1c1cccc(F)c1. The molecule has 0 radical (unpaired) electrons. The fourth-order valence-corrected chi connectivity index (χ4v) is 2.88. The summed E-state index contributed by atoms with van der Waals surface area (Å²) in [5.41, 5.74) is 6.95. The Morgan fingerprint density at radius 3 is 2.90 bits per heavy atom. The van der Waals surface area contributed by atoms with E-state index in [1.54, 1.807) is 12.1 Å². The Morgan fingerprint density at radius 2 is 2.19 bits per heavy atom. The van der Waals surface area contributed by atoms with Crippen molar-refractivity contribution in [3.63, 3.8) is 0 Å². The van der Waals surface area contributed by atoms with Crippen LogP contribution in [0, 0.1) is 17.1 Å². The van der Waals surface area contributed by atoms with Crippen LogP contribution in [-0.4, -0.2) is 5.78 Å². The minimum absolute atomic E-state index is 0.000196. The standard InChI is InChI=1S/C16H13FN2O2/c17-10-4-1-3-9(7-10)14-11(8-18)16(19)21-13-6-2-5-12(20)15(13)14/h1,3-4,7,14H,2,5-6,19H2/t14-/m1/s1. The number of hydrogen-bond acceptors (Lipinski definition) is 4. The number of allylic oxidation sites excluding steroid dienone is 3. The van der Waals surface area contributed by atoms with Gasteiger partial charge in [0.15, 0.2) is 5.78 Å². The molecule has 0 unspecified atom stereocenters. The first-order chi connectivity index (χ1) is 10.1. The monoisotopic (exact) mass is 284 g/mol. The van der Waals surface area contributed by atoms with Gasteiger partial charge in [0.25, 0.3) is 0 Å². The number of ether oxygens (including phenoxy) is 1. The second-order valence-electron chi connectivity index (χ2n) is 5.09. The summed E-state index contributed by atoms with van der Waals surface area (Å²) in [4.78, 5) is 12.3. The van der Waals surface area contributed by atoms with E-state index in [1.165, 1.54) is 12.1 Å². The molecule has 0 saturated heterocycles. The normalized spacial score (nSPS) is 21.7. The maximum absolute atomic E-state index is 13.5. The number of benzene rings is 1. The molecule has 1 aromatic rings. The molecule has 2 aliphatic rings. The zero-order valence-electron chi connectivity index (χ0n) is 11.2. The number of halogens is 1. The van der Waals surface area contributed by atoms with Gasteiger partial charge in [0.05, 0.1) is 5.92 Å². The van der Waals surface area contributed by atoms with Gasteiger partial charge in [0, 0.05) is 18.4 Å². The van der Waals surface area contributed by atoms with Crippen LogP contribution < -0.4 is 5.73 Å². The van der Waals surface area contributed by atoms with Crippen LogP contribution in [-0.2, 0) is 9.53 Å². The largest absolute Gasteiger partial charge is 0.444 e. The number of ketones is 1. The van der Waals surface area contributed by atoms with E-state index in [2.05, 4.69) is 0 Å². The highest BCUT2D eigenvalue weighted by Crippen LogP contribution is 2.43. The minimum Gasteiger partial charge on any atom is -0.444 e. The summed E-state index contributed by atoms with van der Waals surface area (Å²) in [7, 11) is 0. The summed E-state index contributed by atoms with van der Waals surface area (Å²) in [6.45, 7) is 0. The third-order valence-corrected chi connectivity index (χ3v) is 3.79. The van der Waals surface area contributed by atoms with Gasteiger partial charge in [-0.05, 0) is 24.1 Å². The van der Waals surface area contributed by atoms with Gasteiger partial charge in [-0.2, -0.15) is 5.26 Å². The first kappa shape index (κ1) is 13.4. The highest BCUT2D eigenvalue weighted by molar-refractivity contribution is 5.99. The summed E-state index contributed by atoms with van der Waals surface area (Å²) < 4.78 is 19.0.